The molecule has 35 heavy (non-hydrogen) atoms. The quantitative estimate of drug-likeness (QED) is 0.368. The van der Waals surface area contributed by atoms with E-state index in [1.807, 2.05) is 36.4 Å². The molecule has 5 heteroatoms. The highest BCUT2D eigenvalue weighted by Crippen LogP contribution is 2.46. The van der Waals surface area contributed by atoms with Crippen LogP contribution in [-0.4, -0.2) is 29.3 Å². The van der Waals surface area contributed by atoms with E-state index in [4.69, 9.17) is 4.74 Å². The summed E-state index contributed by atoms with van der Waals surface area (Å²) in [6, 6.07) is 24.6. The molecular formula is C30H29NO4. The summed E-state index contributed by atoms with van der Waals surface area (Å²) in [5.41, 5.74) is 2.20. The minimum absolute atomic E-state index is 0.0320. The van der Waals surface area contributed by atoms with Gasteiger partial charge in [-0.3, -0.25) is 4.79 Å². The summed E-state index contributed by atoms with van der Waals surface area (Å²) in [5.74, 6) is -0.936. The number of carboxylic acids is 1. The zero-order chi connectivity index (χ0) is 24.8. The normalized spacial score (nSPS) is 14.6. The standard InChI is InChI=1S/C30H29NO4/c1-29(2,3)35-28(34)31-18-30(27(32)33)16-21-14-12-19-8-4-6-10-23(19)25(21)26-22(17-30)15-13-20-9-5-7-11-24(20)26/h4-15H,16-18H2,1-3H3,(H,31,34)(H,32,33). The molecule has 0 heterocycles. The van der Waals surface area contributed by atoms with Crippen LogP contribution in [-0.2, 0) is 22.4 Å². The summed E-state index contributed by atoms with van der Waals surface area (Å²) in [6.07, 6.45) is -0.0253. The van der Waals surface area contributed by atoms with E-state index in [9.17, 15) is 14.7 Å². The molecule has 0 saturated heterocycles. The van der Waals surface area contributed by atoms with Gasteiger partial charge in [0, 0.05) is 6.54 Å². The molecule has 5 nitrogen and oxygen atoms in total. The SMILES string of the molecule is CC(C)(C)OC(=O)NCC1(C(=O)O)Cc2ccc3ccccc3c2-c2c(ccc3ccccc23)C1. The van der Waals surface area contributed by atoms with Gasteiger partial charge < -0.3 is 15.2 Å². The number of carbonyl (C=O) groups excluding carboxylic acids is 1. The van der Waals surface area contributed by atoms with Crippen LogP contribution in [0.3, 0.4) is 0 Å². The molecule has 0 atom stereocenters. The Balaban J connectivity index is 1.72. The number of hydrogen-bond donors (Lipinski definition) is 2. The van der Waals surface area contributed by atoms with Crippen molar-refractivity contribution in [3.63, 3.8) is 0 Å². The van der Waals surface area contributed by atoms with E-state index in [1.54, 1.807) is 20.8 Å². The summed E-state index contributed by atoms with van der Waals surface area (Å²) in [7, 11) is 0. The number of fused-ring (bicyclic) bond motifs is 7. The number of ether oxygens (including phenoxy) is 1. The summed E-state index contributed by atoms with van der Waals surface area (Å²) in [5, 5.41) is 17.7. The van der Waals surface area contributed by atoms with Gasteiger partial charge in [-0.1, -0.05) is 72.8 Å². The monoisotopic (exact) mass is 467 g/mol. The fraction of sp³-hybridized carbons (Fsp3) is 0.267. The van der Waals surface area contributed by atoms with Gasteiger partial charge in [-0.25, -0.2) is 4.79 Å². The van der Waals surface area contributed by atoms with Crippen molar-refractivity contribution < 1.29 is 19.4 Å². The Bertz CT molecular complexity index is 1380. The highest BCUT2D eigenvalue weighted by atomic mass is 16.6. The van der Waals surface area contributed by atoms with Gasteiger partial charge in [-0.15, -0.1) is 0 Å². The first-order chi connectivity index (χ1) is 16.7. The Morgan fingerprint density at radius 2 is 1.31 bits per heavy atom. The summed E-state index contributed by atoms with van der Waals surface area (Å²) < 4.78 is 5.40. The Morgan fingerprint density at radius 3 is 1.77 bits per heavy atom. The second-order valence-electron chi connectivity index (χ2n) is 10.4. The third-order valence-electron chi connectivity index (χ3n) is 6.76. The van der Waals surface area contributed by atoms with Crippen LogP contribution in [0.5, 0.6) is 0 Å². The number of hydrogen-bond acceptors (Lipinski definition) is 3. The third-order valence-corrected chi connectivity index (χ3v) is 6.76. The number of rotatable bonds is 3. The van der Waals surface area contributed by atoms with Crippen molar-refractivity contribution in [2.75, 3.05) is 6.54 Å². The Hall–Kier alpha value is -3.86. The molecule has 4 aromatic carbocycles. The zero-order valence-corrected chi connectivity index (χ0v) is 20.2. The smallest absolute Gasteiger partial charge is 0.407 e. The van der Waals surface area contributed by atoms with Crippen LogP contribution >= 0.6 is 0 Å². The number of alkyl carbamates (subject to hydrolysis) is 1. The van der Waals surface area contributed by atoms with E-state index in [2.05, 4.69) is 41.7 Å². The van der Waals surface area contributed by atoms with Crippen molar-refractivity contribution in [3.05, 3.63) is 83.9 Å². The topological polar surface area (TPSA) is 75.6 Å². The highest BCUT2D eigenvalue weighted by Gasteiger charge is 2.43. The van der Waals surface area contributed by atoms with E-state index in [0.717, 1.165) is 43.8 Å². The number of benzene rings is 4. The Morgan fingerprint density at radius 1 is 0.829 bits per heavy atom. The van der Waals surface area contributed by atoms with Gasteiger partial charge in [0.05, 0.1) is 5.41 Å². The lowest BCUT2D eigenvalue weighted by Crippen LogP contribution is -2.47. The van der Waals surface area contributed by atoms with Gasteiger partial charge in [0.25, 0.3) is 0 Å². The van der Waals surface area contributed by atoms with Crippen LogP contribution in [0.25, 0.3) is 32.7 Å². The summed E-state index contributed by atoms with van der Waals surface area (Å²) >= 11 is 0. The molecule has 178 valence electrons. The van der Waals surface area contributed by atoms with E-state index in [1.165, 1.54) is 0 Å². The number of aliphatic carboxylic acids is 1. The molecule has 4 aromatic rings. The van der Waals surface area contributed by atoms with Gasteiger partial charge in [0.2, 0.25) is 0 Å². The van der Waals surface area contributed by atoms with Crippen molar-refractivity contribution in [1.82, 2.24) is 5.32 Å². The lowest BCUT2D eigenvalue weighted by Gasteiger charge is -2.30. The minimum Gasteiger partial charge on any atom is -0.481 e. The van der Waals surface area contributed by atoms with Crippen LogP contribution in [0, 0.1) is 5.41 Å². The Kier molecular flexibility index (Phi) is 5.51. The molecule has 0 saturated carbocycles. The Labute approximate surface area is 204 Å². The second-order valence-corrected chi connectivity index (χ2v) is 10.4. The lowest BCUT2D eigenvalue weighted by atomic mass is 9.77. The molecule has 5 rings (SSSR count). The largest absolute Gasteiger partial charge is 0.481 e. The van der Waals surface area contributed by atoms with E-state index in [-0.39, 0.29) is 6.54 Å². The summed E-state index contributed by atoms with van der Waals surface area (Å²) in [4.78, 5) is 25.3. The molecule has 0 bridgehead atoms. The van der Waals surface area contributed by atoms with Crippen molar-refractivity contribution in [3.8, 4) is 11.1 Å². The molecule has 0 aliphatic heterocycles. The van der Waals surface area contributed by atoms with E-state index in [0.29, 0.717) is 12.8 Å². The maximum Gasteiger partial charge on any atom is 0.407 e. The average Bonchev–Trinajstić information content (AvgIpc) is 2.97. The number of amides is 1. The predicted molar refractivity (Wildman–Crippen MR) is 139 cm³/mol. The van der Waals surface area contributed by atoms with Crippen molar-refractivity contribution in [1.29, 1.82) is 0 Å². The van der Waals surface area contributed by atoms with Gasteiger partial charge in [0.15, 0.2) is 0 Å². The highest BCUT2D eigenvalue weighted by molar-refractivity contribution is 6.08. The van der Waals surface area contributed by atoms with Gasteiger partial charge in [0.1, 0.15) is 5.60 Å². The first kappa shape index (κ1) is 22.9. The summed E-state index contributed by atoms with van der Waals surface area (Å²) in [6.45, 7) is 5.32. The molecule has 1 aliphatic rings. The predicted octanol–water partition coefficient (Wildman–Crippen LogP) is 6.35. The maximum absolute atomic E-state index is 12.9. The average molecular weight is 468 g/mol. The first-order valence-electron chi connectivity index (χ1n) is 11.9. The minimum atomic E-state index is -1.22. The van der Waals surface area contributed by atoms with E-state index >= 15 is 0 Å². The second kappa shape index (κ2) is 8.42. The third kappa shape index (κ3) is 4.23. The molecule has 1 aliphatic carbocycles. The molecule has 0 unspecified atom stereocenters. The first-order valence-corrected chi connectivity index (χ1v) is 11.9. The number of carbonyl (C=O) groups is 2. The fourth-order valence-electron chi connectivity index (χ4n) is 5.22. The van der Waals surface area contributed by atoms with Crippen LogP contribution < -0.4 is 5.32 Å². The number of carboxylic acid groups (broad SMARTS) is 1. The maximum atomic E-state index is 12.9. The molecule has 0 aromatic heterocycles. The molecule has 0 radical (unpaired) electrons. The van der Waals surface area contributed by atoms with Crippen LogP contribution in [0.2, 0.25) is 0 Å². The molecule has 0 spiro atoms. The van der Waals surface area contributed by atoms with Crippen LogP contribution in [0.4, 0.5) is 4.79 Å². The fourth-order valence-corrected chi connectivity index (χ4v) is 5.22. The van der Waals surface area contributed by atoms with E-state index < -0.39 is 23.1 Å². The molecule has 1 amide bonds. The van der Waals surface area contributed by atoms with Gasteiger partial charge in [-0.05, 0) is 77.4 Å². The van der Waals surface area contributed by atoms with Crippen LogP contribution in [0.15, 0.2) is 72.8 Å². The van der Waals surface area contributed by atoms with Crippen molar-refractivity contribution in [2.45, 2.75) is 39.2 Å². The van der Waals surface area contributed by atoms with Gasteiger partial charge in [-0.2, -0.15) is 0 Å². The lowest BCUT2D eigenvalue weighted by molar-refractivity contribution is -0.148. The zero-order valence-electron chi connectivity index (χ0n) is 20.2. The molecule has 2 N–H and O–H groups in total. The van der Waals surface area contributed by atoms with Crippen LogP contribution in [0.1, 0.15) is 31.9 Å². The molecule has 0 fully saturated rings. The van der Waals surface area contributed by atoms with Gasteiger partial charge >= 0.3 is 12.1 Å². The molecular weight excluding hydrogens is 438 g/mol. The van der Waals surface area contributed by atoms with Crippen molar-refractivity contribution in [2.24, 2.45) is 5.41 Å². The number of nitrogens with one attached hydrogen (secondary N) is 1. The van der Waals surface area contributed by atoms with Crippen molar-refractivity contribution >= 4 is 33.6 Å².